The highest BCUT2D eigenvalue weighted by Crippen LogP contribution is 1.93. The third-order valence-electron chi connectivity index (χ3n) is 0.903. The molecule has 0 bridgehead atoms. The highest BCUT2D eigenvalue weighted by Gasteiger charge is 2.05. The van der Waals surface area contributed by atoms with E-state index in [4.69, 9.17) is 0 Å². The van der Waals surface area contributed by atoms with Gasteiger partial charge in [-0.15, -0.1) is 13.2 Å². The minimum atomic E-state index is 0.204. The van der Waals surface area contributed by atoms with Crippen LogP contribution in [-0.4, -0.2) is 12.5 Å². The van der Waals surface area contributed by atoms with Crippen LogP contribution in [-0.2, 0) is 4.79 Å². The maximum Gasteiger partial charge on any atom is 0.220 e. The molecule has 0 aliphatic carbocycles. The molecule has 1 fully saturated rings. The average Bonchev–Trinajstić information content (AvgIpc) is 2.24. The lowest BCUT2D eigenvalue weighted by atomic mass is 10.4. The van der Waals surface area contributed by atoms with Gasteiger partial charge < -0.3 is 5.32 Å². The van der Waals surface area contributed by atoms with Crippen LogP contribution in [0.2, 0.25) is 0 Å². The van der Waals surface area contributed by atoms with Crippen LogP contribution >= 0.6 is 0 Å². The molecular weight excluding hydrogens is 102 g/mol. The molecule has 1 N–H and O–H groups in total. The van der Waals surface area contributed by atoms with Gasteiger partial charge in [0.05, 0.1) is 0 Å². The summed E-state index contributed by atoms with van der Waals surface area (Å²) in [5, 5.41) is 2.68. The van der Waals surface area contributed by atoms with Gasteiger partial charge in [0.25, 0.3) is 0 Å². The summed E-state index contributed by atoms with van der Waals surface area (Å²) in [5.74, 6) is 0.204. The summed E-state index contributed by atoms with van der Waals surface area (Å²) in [6.45, 7) is 6.89. The van der Waals surface area contributed by atoms with Crippen molar-refractivity contribution in [3.63, 3.8) is 0 Å². The molecule has 0 aromatic rings. The highest BCUT2D eigenvalue weighted by atomic mass is 16.1. The molecule has 0 saturated carbocycles. The Morgan fingerprint density at radius 3 is 2.25 bits per heavy atom. The van der Waals surface area contributed by atoms with E-state index >= 15 is 0 Å². The molecule has 1 heterocycles. The summed E-state index contributed by atoms with van der Waals surface area (Å²) in [5.41, 5.74) is 0. The fourth-order valence-corrected chi connectivity index (χ4v) is 0.565. The monoisotopic (exact) mass is 113 g/mol. The number of carbonyl (C=O) groups excluding carboxylic acids is 1. The molecule has 8 heavy (non-hydrogen) atoms. The summed E-state index contributed by atoms with van der Waals surface area (Å²) in [4.78, 5) is 10.1. The zero-order chi connectivity index (χ0) is 6.41. The van der Waals surface area contributed by atoms with Crippen LogP contribution in [0.25, 0.3) is 0 Å². The molecule has 1 saturated heterocycles. The van der Waals surface area contributed by atoms with Gasteiger partial charge in [0, 0.05) is 13.0 Å². The molecule has 1 rings (SSSR count). The van der Waals surface area contributed by atoms with Crippen molar-refractivity contribution in [2.24, 2.45) is 0 Å². The Morgan fingerprint density at radius 1 is 1.50 bits per heavy atom. The third kappa shape index (κ3) is 2.39. The molecule has 2 heteroatoms. The van der Waals surface area contributed by atoms with Gasteiger partial charge in [-0.2, -0.15) is 0 Å². The smallest absolute Gasteiger partial charge is 0.220 e. The van der Waals surface area contributed by atoms with Crippen LogP contribution in [0.3, 0.4) is 0 Å². The zero-order valence-electron chi connectivity index (χ0n) is 4.94. The number of hydrogen-bond acceptors (Lipinski definition) is 1. The van der Waals surface area contributed by atoms with Crippen molar-refractivity contribution in [2.45, 2.75) is 12.8 Å². The fraction of sp³-hybridized carbons (Fsp3) is 0.500. The molecule has 0 radical (unpaired) electrons. The highest BCUT2D eigenvalue weighted by molar-refractivity contribution is 5.77. The Labute approximate surface area is 49.6 Å². The van der Waals surface area contributed by atoms with E-state index in [1.165, 1.54) is 0 Å². The lowest BCUT2D eigenvalue weighted by Crippen LogP contribution is -2.12. The number of carbonyl (C=O) groups is 1. The molecule has 1 aliphatic heterocycles. The van der Waals surface area contributed by atoms with Crippen molar-refractivity contribution < 1.29 is 4.79 Å². The molecule has 0 aromatic heterocycles. The van der Waals surface area contributed by atoms with Crippen LogP contribution < -0.4 is 5.32 Å². The van der Waals surface area contributed by atoms with E-state index < -0.39 is 0 Å². The van der Waals surface area contributed by atoms with E-state index in [0.29, 0.717) is 0 Å². The quantitative estimate of drug-likeness (QED) is 0.460. The van der Waals surface area contributed by atoms with Crippen molar-refractivity contribution >= 4 is 5.91 Å². The van der Waals surface area contributed by atoms with Crippen molar-refractivity contribution in [2.75, 3.05) is 6.54 Å². The Hall–Kier alpha value is -0.790. The lowest BCUT2D eigenvalue weighted by molar-refractivity contribution is -0.119. The Balaban J connectivity index is 0.000000222. The van der Waals surface area contributed by atoms with Gasteiger partial charge in [-0.1, -0.05) is 0 Å². The van der Waals surface area contributed by atoms with E-state index in [0.717, 1.165) is 19.4 Å². The minimum absolute atomic E-state index is 0.204. The second kappa shape index (κ2) is 4.37. The molecule has 0 spiro atoms. The van der Waals surface area contributed by atoms with Crippen LogP contribution in [0.15, 0.2) is 13.2 Å². The van der Waals surface area contributed by atoms with Gasteiger partial charge in [-0.05, 0) is 6.42 Å². The second-order valence-electron chi connectivity index (χ2n) is 1.45. The van der Waals surface area contributed by atoms with Crippen LogP contribution in [0.4, 0.5) is 0 Å². The molecule has 1 amide bonds. The van der Waals surface area contributed by atoms with Crippen molar-refractivity contribution in [3.05, 3.63) is 13.2 Å². The predicted molar refractivity (Wildman–Crippen MR) is 33.5 cm³/mol. The molecule has 1 aliphatic rings. The first-order chi connectivity index (χ1) is 3.89. The predicted octanol–water partition coefficient (Wildman–Crippen LogP) is 0.699. The van der Waals surface area contributed by atoms with E-state index in [1.54, 1.807) is 0 Å². The van der Waals surface area contributed by atoms with Gasteiger partial charge in [-0.3, -0.25) is 4.79 Å². The second-order valence-corrected chi connectivity index (χ2v) is 1.45. The Kier molecular flexibility index (Phi) is 3.94. The molecule has 0 unspecified atom stereocenters. The maximum absolute atomic E-state index is 10.1. The lowest BCUT2D eigenvalue weighted by Gasteiger charge is -1.80. The summed E-state index contributed by atoms with van der Waals surface area (Å²) in [6.07, 6.45) is 1.76. The largest absolute Gasteiger partial charge is 0.356 e. The zero-order valence-corrected chi connectivity index (χ0v) is 4.94. The normalized spacial score (nSPS) is 16.2. The molecule has 2 nitrogen and oxygen atoms in total. The minimum Gasteiger partial charge on any atom is -0.356 e. The summed E-state index contributed by atoms with van der Waals surface area (Å²) >= 11 is 0. The number of nitrogens with one attached hydrogen (secondary N) is 1. The number of rotatable bonds is 0. The maximum atomic E-state index is 10.1. The van der Waals surface area contributed by atoms with Gasteiger partial charge in [0.2, 0.25) is 5.91 Å². The number of hydrogen-bond donors (Lipinski definition) is 1. The molecule has 0 atom stereocenters. The summed E-state index contributed by atoms with van der Waals surface area (Å²) in [6, 6.07) is 0. The van der Waals surface area contributed by atoms with Crippen LogP contribution in [0, 0.1) is 0 Å². The van der Waals surface area contributed by atoms with Gasteiger partial charge in [-0.25, -0.2) is 0 Å². The first kappa shape index (κ1) is 7.21. The van der Waals surface area contributed by atoms with E-state index in [1.807, 2.05) is 0 Å². The van der Waals surface area contributed by atoms with Crippen LogP contribution in [0.1, 0.15) is 12.8 Å². The van der Waals surface area contributed by atoms with Gasteiger partial charge in [0.1, 0.15) is 0 Å². The van der Waals surface area contributed by atoms with Gasteiger partial charge >= 0.3 is 0 Å². The van der Waals surface area contributed by atoms with E-state index in [2.05, 4.69) is 18.5 Å². The van der Waals surface area contributed by atoms with Crippen molar-refractivity contribution in [1.29, 1.82) is 0 Å². The number of amides is 1. The SMILES string of the molecule is C=C.O=C1CCCN1. The van der Waals surface area contributed by atoms with Crippen molar-refractivity contribution in [1.82, 2.24) is 5.32 Å². The first-order valence-electron chi connectivity index (χ1n) is 2.66. The van der Waals surface area contributed by atoms with Crippen LogP contribution in [0.5, 0.6) is 0 Å². The Bertz CT molecular complexity index is 72.6. The molecule has 0 aromatic carbocycles. The average molecular weight is 113 g/mol. The third-order valence-corrected chi connectivity index (χ3v) is 0.903. The topological polar surface area (TPSA) is 29.1 Å². The molecular formula is C6H11NO. The van der Waals surface area contributed by atoms with Crippen molar-refractivity contribution in [3.8, 4) is 0 Å². The Morgan fingerprint density at radius 2 is 2.12 bits per heavy atom. The van der Waals surface area contributed by atoms with E-state index in [-0.39, 0.29) is 5.91 Å². The molecule has 46 valence electrons. The first-order valence-corrected chi connectivity index (χ1v) is 2.66. The van der Waals surface area contributed by atoms with Gasteiger partial charge in [0.15, 0.2) is 0 Å². The van der Waals surface area contributed by atoms with E-state index in [9.17, 15) is 4.79 Å². The summed E-state index contributed by atoms with van der Waals surface area (Å²) < 4.78 is 0. The summed E-state index contributed by atoms with van der Waals surface area (Å²) in [7, 11) is 0. The standard InChI is InChI=1S/C4H7NO.C2H4/c6-4-2-1-3-5-4;1-2/h1-3H2,(H,5,6);1-2H2. The fourth-order valence-electron chi connectivity index (χ4n) is 0.565.